The van der Waals surface area contributed by atoms with E-state index in [0.717, 1.165) is 18.2 Å². The maximum Gasteiger partial charge on any atom is 0.573 e. The molecule has 12 heteroatoms. The first kappa shape index (κ1) is 27.0. The van der Waals surface area contributed by atoms with E-state index in [1.807, 2.05) is 0 Å². The summed E-state index contributed by atoms with van der Waals surface area (Å²) in [6, 6.07) is 11.3. The molecule has 200 valence electrons. The van der Waals surface area contributed by atoms with E-state index in [1.54, 1.807) is 19.9 Å². The minimum atomic E-state index is -4.88. The number of ether oxygens (including phenoxy) is 2. The zero-order chi connectivity index (χ0) is 27.7. The Morgan fingerprint density at radius 2 is 1.71 bits per heavy atom. The van der Waals surface area contributed by atoms with Crippen LogP contribution in [0.2, 0.25) is 0 Å². The van der Waals surface area contributed by atoms with Crippen molar-refractivity contribution in [3.63, 3.8) is 0 Å². The number of alkyl halides is 6. The average Bonchev–Trinajstić information content (AvgIpc) is 3.27. The Morgan fingerprint density at radius 3 is 2.34 bits per heavy atom. The van der Waals surface area contributed by atoms with Crippen LogP contribution >= 0.6 is 0 Å². The summed E-state index contributed by atoms with van der Waals surface area (Å²) >= 11 is 0. The van der Waals surface area contributed by atoms with E-state index in [9.17, 15) is 31.1 Å². The Hall–Kier alpha value is -4.09. The molecule has 6 nitrogen and oxygen atoms in total. The van der Waals surface area contributed by atoms with Crippen LogP contribution in [0.5, 0.6) is 5.75 Å². The number of carbonyl (C=O) groups excluding carboxylic acids is 1. The van der Waals surface area contributed by atoms with E-state index in [0.29, 0.717) is 22.4 Å². The summed E-state index contributed by atoms with van der Waals surface area (Å²) in [4.78, 5) is 17.5. The Morgan fingerprint density at radius 1 is 1.00 bits per heavy atom. The first-order valence-corrected chi connectivity index (χ1v) is 11.3. The van der Waals surface area contributed by atoms with Crippen LogP contribution in [-0.2, 0) is 27.5 Å². The minimum Gasteiger partial charge on any atom is -0.465 e. The molecule has 2 aromatic carbocycles. The number of nitrogens with zero attached hydrogens (tertiary/aromatic N) is 3. The molecule has 0 spiro atoms. The number of rotatable bonds is 7. The van der Waals surface area contributed by atoms with Crippen LogP contribution in [0.1, 0.15) is 30.7 Å². The lowest BCUT2D eigenvalue weighted by molar-refractivity contribution is -0.274. The fraction of sp³-hybridized carbons (Fsp3) is 0.269. The van der Waals surface area contributed by atoms with Crippen molar-refractivity contribution >= 4 is 11.6 Å². The number of hydrogen-bond acceptors (Lipinski definition) is 5. The van der Waals surface area contributed by atoms with Gasteiger partial charge in [0, 0.05) is 11.8 Å². The zero-order valence-electron chi connectivity index (χ0n) is 20.1. The first-order valence-electron chi connectivity index (χ1n) is 11.3. The number of carbonyl (C=O) groups is 1. The molecular formula is C26H21F6N3O3. The van der Waals surface area contributed by atoms with Crippen LogP contribution in [0, 0.1) is 0 Å². The number of hydrogen-bond donors (Lipinski definition) is 0. The lowest BCUT2D eigenvalue weighted by atomic mass is 9.80. The molecule has 0 amide bonds. The van der Waals surface area contributed by atoms with Crippen molar-refractivity contribution in [1.29, 1.82) is 0 Å². The van der Waals surface area contributed by atoms with Gasteiger partial charge in [-0.15, -0.1) is 13.2 Å². The molecular weight excluding hydrogens is 516 g/mol. The molecule has 0 aliphatic rings. The van der Waals surface area contributed by atoms with Gasteiger partial charge in [0.1, 0.15) is 11.2 Å². The summed E-state index contributed by atoms with van der Waals surface area (Å²) in [6.45, 7) is 3.24. The topological polar surface area (TPSA) is 65.7 Å². The van der Waals surface area contributed by atoms with Crippen LogP contribution in [-0.4, -0.2) is 33.5 Å². The van der Waals surface area contributed by atoms with Crippen molar-refractivity contribution in [2.45, 2.75) is 38.2 Å². The molecule has 38 heavy (non-hydrogen) atoms. The predicted octanol–water partition coefficient (Wildman–Crippen LogP) is 6.38. The van der Waals surface area contributed by atoms with Gasteiger partial charge in [-0.25, -0.2) is 9.50 Å². The maximum absolute atomic E-state index is 13.2. The normalized spacial score (nSPS) is 13.8. The molecule has 0 saturated heterocycles. The SMILES string of the molecule is CCOC(=O)C(C)(Cc1cccc(OC(F)(F)F)c1)c1ccnc2c(-c3ccc(C(F)(F)F)cc3)cnn12. The molecule has 0 saturated carbocycles. The van der Waals surface area contributed by atoms with Gasteiger partial charge in [0.15, 0.2) is 5.65 Å². The van der Waals surface area contributed by atoms with Crippen LogP contribution in [0.4, 0.5) is 26.3 Å². The maximum atomic E-state index is 13.2. The molecule has 2 aromatic heterocycles. The van der Waals surface area contributed by atoms with E-state index in [-0.39, 0.29) is 18.7 Å². The van der Waals surface area contributed by atoms with Crippen molar-refractivity contribution in [3.8, 4) is 16.9 Å². The lowest BCUT2D eigenvalue weighted by Gasteiger charge is -2.28. The van der Waals surface area contributed by atoms with E-state index >= 15 is 0 Å². The molecule has 0 radical (unpaired) electrons. The van der Waals surface area contributed by atoms with Gasteiger partial charge < -0.3 is 9.47 Å². The number of fused-ring (bicyclic) bond motifs is 1. The van der Waals surface area contributed by atoms with Crippen LogP contribution in [0.15, 0.2) is 67.0 Å². The Bertz CT molecular complexity index is 1450. The third kappa shape index (κ3) is 5.58. The largest absolute Gasteiger partial charge is 0.573 e. The van der Waals surface area contributed by atoms with E-state index in [4.69, 9.17) is 4.74 Å². The van der Waals surface area contributed by atoms with Gasteiger partial charge in [-0.3, -0.25) is 4.79 Å². The fourth-order valence-electron chi connectivity index (χ4n) is 4.17. The molecule has 4 aromatic rings. The number of halogens is 6. The van der Waals surface area contributed by atoms with Gasteiger partial charge in [0.2, 0.25) is 0 Å². The van der Waals surface area contributed by atoms with Crippen molar-refractivity contribution in [1.82, 2.24) is 14.6 Å². The minimum absolute atomic E-state index is 0.0514. The molecule has 0 aliphatic carbocycles. The first-order chi connectivity index (χ1) is 17.8. The highest BCUT2D eigenvalue weighted by Crippen LogP contribution is 2.35. The second-order valence-corrected chi connectivity index (χ2v) is 8.62. The molecule has 2 heterocycles. The van der Waals surface area contributed by atoms with Crippen molar-refractivity contribution < 1.29 is 40.6 Å². The van der Waals surface area contributed by atoms with Gasteiger partial charge in [0.05, 0.1) is 24.1 Å². The van der Waals surface area contributed by atoms with Gasteiger partial charge in [0.25, 0.3) is 0 Å². The Labute approximate surface area is 212 Å². The molecule has 1 unspecified atom stereocenters. The van der Waals surface area contributed by atoms with Crippen LogP contribution in [0.3, 0.4) is 0 Å². The van der Waals surface area contributed by atoms with Gasteiger partial charge in [-0.2, -0.15) is 18.3 Å². The van der Waals surface area contributed by atoms with Gasteiger partial charge in [-0.05, 0) is 61.7 Å². The quantitative estimate of drug-likeness (QED) is 0.202. The Kier molecular flexibility index (Phi) is 7.09. The summed E-state index contributed by atoms with van der Waals surface area (Å²) in [5.41, 5.74) is -0.439. The summed E-state index contributed by atoms with van der Waals surface area (Å²) in [7, 11) is 0. The lowest BCUT2D eigenvalue weighted by Crippen LogP contribution is -2.38. The fourth-order valence-corrected chi connectivity index (χ4v) is 4.17. The number of aromatic nitrogens is 3. The molecule has 0 aliphatic heterocycles. The van der Waals surface area contributed by atoms with Crippen molar-refractivity contribution in [2.75, 3.05) is 6.61 Å². The number of benzene rings is 2. The highest BCUT2D eigenvalue weighted by Gasteiger charge is 2.40. The van der Waals surface area contributed by atoms with Crippen molar-refractivity contribution in [3.05, 3.63) is 83.8 Å². The van der Waals surface area contributed by atoms with Crippen LogP contribution in [0.25, 0.3) is 16.8 Å². The smallest absolute Gasteiger partial charge is 0.465 e. The summed E-state index contributed by atoms with van der Waals surface area (Å²) in [5.74, 6) is -1.09. The molecule has 4 rings (SSSR count). The molecule has 1 atom stereocenters. The summed E-state index contributed by atoms with van der Waals surface area (Å²) in [5, 5.41) is 4.33. The highest BCUT2D eigenvalue weighted by atomic mass is 19.4. The van der Waals surface area contributed by atoms with E-state index < -0.39 is 35.2 Å². The van der Waals surface area contributed by atoms with E-state index in [1.165, 1.54) is 47.2 Å². The summed E-state index contributed by atoms with van der Waals surface area (Å²) < 4.78 is 87.8. The average molecular weight is 537 g/mol. The molecule has 0 bridgehead atoms. The number of esters is 1. The standard InChI is InChI=1S/C26H21F6N3O3/c1-3-37-23(36)24(2,14-16-5-4-6-19(13-16)38-26(30,31)32)21-11-12-33-22-20(15-34-35(21)22)17-7-9-18(10-8-17)25(27,28)29/h4-13,15H,3,14H2,1-2H3. The molecule has 0 N–H and O–H groups in total. The van der Waals surface area contributed by atoms with E-state index in [2.05, 4.69) is 14.8 Å². The van der Waals surface area contributed by atoms with Crippen LogP contribution < -0.4 is 4.74 Å². The van der Waals surface area contributed by atoms with Gasteiger partial charge in [-0.1, -0.05) is 24.3 Å². The zero-order valence-corrected chi connectivity index (χ0v) is 20.1. The molecule has 0 fully saturated rings. The van der Waals surface area contributed by atoms with Gasteiger partial charge >= 0.3 is 18.5 Å². The third-order valence-electron chi connectivity index (χ3n) is 5.91. The monoisotopic (exact) mass is 537 g/mol. The second-order valence-electron chi connectivity index (χ2n) is 8.62. The summed E-state index contributed by atoms with van der Waals surface area (Å²) in [6.07, 6.45) is -6.62. The predicted molar refractivity (Wildman–Crippen MR) is 124 cm³/mol. The second kappa shape index (κ2) is 9.99. The van der Waals surface area contributed by atoms with Crippen molar-refractivity contribution in [2.24, 2.45) is 0 Å². The third-order valence-corrected chi connectivity index (χ3v) is 5.91. The highest BCUT2D eigenvalue weighted by molar-refractivity contribution is 5.84. The Balaban J connectivity index is 1.78.